The topological polar surface area (TPSA) is 37.3 Å². The molecule has 0 bridgehead atoms. The van der Waals surface area contributed by atoms with Crippen LogP contribution in [-0.2, 0) is 4.79 Å². The van der Waals surface area contributed by atoms with E-state index in [-0.39, 0.29) is 0 Å². The van der Waals surface area contributed by atoms with Gasteiger partial charge in [-0.1, -0.05) is 84.0 Å². The maximum Gasteiger partial charge on any atom is 0.148 e. The summed E-state index contributed by atoms with van der Waals surface area (Å²) in [7, 11) is 0. The lowest BCUT2D eigenvalue weighted by Gasteiger charge is -2.03. The number of aliphatic hydroxyl groups is 1. The van der Waals surface area contributed by atoms with Crippen LogP contribution in [0.1, 0.15) is 90.4 Å². The van der Waals surface area contributed by atoms with Crippen molar-refractivity contribution in [2.45, 2.75) is 96.5 Å². The first-order chi connectivity index (χ1) is 8.81. The molecule has 0 unspecified atom stereocenters. The monoisotopic (exact) mass is 256 g/mol. The molecule has 2 heteroatoms. The van der Waals surface area contributed by atoms with Crippen LogP contribution in [0.2, 0.25) is 0 Å². The third kappa shape index (κ3) is 13.7. The van der Waals surface area contributed by atoms with Crippen molar-refractivity contribution < 1.29 is 9.90 Å². The van der Waals surface area contributed by atoms with Crippen LogP contribution in [0.3, 0.4) is 0 Å². The van der Waals surface area contributed by atoms with Crippen molar-refractivity contribution in [3.63, 3.8) is 0 Å². The highest BCUT2D eigenvalue weighted by Crippen LogP contribution is 2.12. The van der Waals surface area contributed by atoms with E-state index >= 15 is 0 Å². The van der Waals surface area contributed by atoms with Gasteiger partial charge in [0.1, 0.15) is 12.4 Å². The number of carbonyl (C=O) groups excluding carboxylic acids is 1. The van der Waals surface area contributed by atoms with Crippen LogP contribution in [0.4, 0.5) is 0 Å². The zero-order valence-corrected chi connectivity index (χ0v) is 12.2. The Morgan fingerprint density at radius 3 is 1.56 bits per heavy atom. The van der Waals surface area contributed by atoms with Gasteiger partial charge in [0.05, 0.1) is 0 Å². The summed E-state index contributed by atoms with van der Waals surface area (Å²) in [6.45, 7) is 2.26. The molecule has 0 aromatic carbocycles. The summed E-state index contributed by atoms with van der Waals surface area (Å²) in [4.78, 5) is 10.2. The smallest absolute Gasteiger partial charge is 0.148 e. The molecule has 0 saturated heterocycles. The van der Waals surface area contributed by atoms with Crippen molar-refractivity contribution in [3.05, 3.63) is 0 Å². The molecule has 108 valence electrons. The molecule has 0 fully saturated rings. The van der Waals surface area contributed by atoms with E-state index in [1.54, 1.807) is 0 Å². The van der Waals surface area contributed by atoms with Gasteiger partial charge in [0.15, 0.2) is 0 Å². The van der Waals surface area contributed by atoms with Crippen LogP contribution >= 0.6 is 0 Å². The summed E-state index contributed by atoms with van der Waals surface area (Å²) in [5.74, 6) is 0. The van der Waals surface area contributed by atoms with Gasteiger partial charge >= 0.3 is 0 Å². The SMILES string of the molecule is CCCCCCCCCCCCCC[C@@H](O)C=O. The standard InChI is InChI=1S/C16H32O2/c1-2-3-4-5-6-7-8-9-10-11-12-13-14-16(18)15-17/h15-16,18H,2-14H2,1H3/t16-/m1/s1. The molecular weight excluding hydrogens is 224 g/mol. The molecule has 1 atom stereocenters. The average Bonchev–Trinajstić information content (AvgIpc) is 2.39. The highest BCUT2D eigenvalue weighted by Gasteiger charge is 2.00. The number of hydrogen-bond donors (Lipinski definition) is 1. The first-order valence-corrected chi connectivity index (χ1v) is 7.94. The normalized spacial score (nSPS) is 12.6. The van der Waals surface area contributed by atoms with Gasteiger partial charge in [-0.3, -0.25) is 0 Å². The molecule has 0 amide bonds. The van der Waals surface area contributed by atoms with Crippen LogP contribution in [0.5, 0.6) is 0 Å². The zero-order valence-electron chi connectivity index (χ0n) is 12.2. The molecule has 18 heavy (non-hydrogen) atoms. The van der Waals surface area contributed by atoms with Gasteiger partial charge < -0.3 is 9.90 Å². The number of aldehydes is 1. The lowest BCUT2D eigenvalue weighted by atomic mass is 10.0. The number of aliphatic hydroxyl groups excluding tert-OH is 1. The first-order valence-electron chi connectivity index (χ1n) is 7.94. The zero-order chi connectivity index (χ0) is 13.5. The Hall–Kier alpha value is -0.370. The lowest BCUT2D eigenvalue weighted by molar-refractivity contribution is -0.115. The van der Waals surface area contributed by atoms with Gasteiger partial charge in [0.2, 0.25) is 0 Å². The van der Waals surface area contributed by atoms with Crippen LogP contribution in [0.15, 0.2) is 0 Å². The minimum absolute atomic E-state index is 0.637. The largest absolute Gasteiger partial charge is 0.386 e. The molecule has 0 aliphatic rings. The number of hydrogen-bond acceptors (Lipinski definition) is 2. The van der Waals surface area contributed by atoms with Crippen LogP contribution in [-0.4, -0.2) is 17.5 Å². The van der Waals surface area contributed by atoms with Gasteiger partial charge in [-0.15, -0.1) is 0 Å². The van der Waals surface area contributed by atoms with E-state index in [4.69, 9.17) is 5.11 Å². The number of carbonyl (C=O) groups is 1. The summed E-state index contributed by atoms with van der Waals surface area (Å²) >= 11 is 0. The van der Waals surface area contributed by atoms with Crippen molar-refractivity contribution in [1.29, 1.82) is 0 Å². The molecule has 0 rings (SSSR count). The maximum absolute atomic E-state index is 10.2. The second-order valence-corrected chi connectivity index (χ2v) is 5.38. The molecular formula is C16H32O2. The summed E-state index contributed by atoms with van der Waals surface area (Å²) in [5.41, 5.74) is 0. The summed E-state index contributed by atoms with van der Waals surface area (Å²) in [5, 5.41) is 9.05. The average molecular weight is 256 g/mol. The second kappa shape index (κ2) is 14.7. The molecule has 0 aromatic heterocycles. The van der Waals surface area contributed by atoms with Gasteiger partial charge in [-0.05, 0) is 6.42 Å². The third-order valence-corrected chi connectivity index (χ3v) is 3.51. The molecule has 0 aliphatic carbocycles. The van der Waals surface area contributed by atoms with Crippen molar-refractivity contribution in [3.8, 4) is 0 Å². The van der Waals surface area contributed by atoms with Crippen molar-refractivity contribution >= 4 is 6.29 Å². The van der Waals surface area contributed by atoms with Gasteiger partial charge in [-0.2, -0.15) is 0 Å². The van der Waals surface area contributed by atoms with Crippen LogP contribution < -0.4 is 0 Å². The third-order valence-electron chi connectivity index (χ3n) is 3.51. The Bertz CT molecular complexity index is 168. The predicted octanol–water partition coefficient (Wildman–Crippen LogP) is 4.64. The summed E-state index contributed by atoms with van der Waals surface area (Å²) < 4.78 is 0. The Morgan fingerprint density at radius 2 is 1.17 bits per heavy atom. The fourth-order valence-corrected chi connectivity index (χ4v) is 2.26. The fraction of sp³-hybridized carbons (Fsp3) is 0.938. The molecule has 0 aliphatic heterocycles. The minimum atomic E-state index is -0.729. The van der Waals surface area contributed by atoms with E-state index in [1.165, 1.54) is 64.2 Å². The van der Waals surface area contributed by atoms with Crippen molar-refractivity contribution in [1.82, 2.24) is 0 Å². The van der Waals surface area contributed by atoms with Gasteiger partial charge in [0, 0.05) is 0 Å². The number of unbranched alkanes of at least 4 members (excludes halogenated alkanes) is 11. The van der Waals surface area contributed by atoms with E-state index < -0.39 is 6.10 Å². The highest BCUT2D eigenvalue weighted by molar-refractivity contribution is 5.55. The molecule has 0 aromatic rings. The number of rotatable bonds is 14. The summed E-state index contributed by atoms with van der Waals surface area (Å²) in [6.07, 6.45) is 16.3. The lowest BCUT2D eigenvalue weighted by Crippen LogP contribution is -2.06. The van der Waals surface area contributed by atoms with E-state index in [0.29, 0.717) is 12.7 Å². The van der Waals surface area contributed by atoms with Crippen LogP contribution in [0, 0.1) is 0 Å². The van der Waals surface area contributed by atoms with Crippen molar-refractivity contribution in [2.75, 3.05) is 0 Å². The Labute approximate surface area is 113 Å². The van der Waals surface area contributed by atoms with E-state index in [0.717, 1.165) is 12.8 Å². The molecule has 0 heterocycles. The van der Waals surface area contributed by atoms with Gasteiger partial charge in [-0.25, -0.2) is 0 Å². The molecule has 0 saturated carbocycles. The van der Waals surface area contributed by atoms with E-state index in [2.05, 4.69) is 6.92 Å². The molecule has 1 N–H and O–H groups in total. The molecule has 0 radical (unpaired) electrons. The fourth-order valence-electron chi connectivity index (χ4n) is 2.26. The van der Waals surface area contributed by atoms with Gasteiger partial charge in [0.25, 0.3) is 0 Å². The Balaban J connectivity index is 2.96. The van der Waals surface area contributed by atoms with Crippen LogP contribution in [0.25, 0.3) is 0 Å². The first kappa shape index (κ1) is 17.6. The quantitative estimate of drug-likeness (QED) is 0.363. The predicted molar refractivity (Wildman–Crippen MR) is 77.8 cm³/mol. The highest BCUT2D eigenvalue weighted by atomic mass is 16.3. The Kier molecular flexibility index (Phi) is 14.4. The summed E-state index contributed by atoms with van der Waals surface area (Å²) in [6, 6.07) is 0. The van der Waals surface area contributed by atoms with E-state index in [9.17, 15) is 4.79 Å². The molecule has 0 spiro atoms. The Morgan fingerprint density at radius 1 is 0.778 bits per heavy atom. The minimum Gasteiger partial charge on any atom is -0.386 e. The maximum atomic E-state index is 10.2. The van der Waals surface area contributed by atoms with E-state index in [1.807, 2.05) is 0 Å². The van der Waals surface area contributed by atoms with Crippen molar-refractivity contribution in [2.24, 2.45) is 0 Å². The second-order valence-electron chi connectivity index (χ2n) is 5.38. The molecule has 2 nitrogen and oxygen atoms in total.